The molecule has 5 fully saturated rings. The molecule has 1 aromatic heterocycles. The highest BCUT2D eigenvalue weighted by Gasteiger charge is 2.44. The third-order valence-electron chi connectivity index (χ3n) is 9.75. The van der Waals surface area contributed by atoms with E-state index in [9.17, 15) is 9.59 Å². The predicted molar refractivity (Wildman–Crippen MR) is 141 cm³/mol. The summed E-state index contributed by atoms with van der Waals surface area (Å²) in [6.07, 6.45) is 15.5. The number of rotatable bonds is 4. The maximum Gasteiger partial charge on any atom is 0.374 e. The quantitative estimate of drug-likeness (QED) is 0.511. The highest BCUT2D eigenvalue weighted by molar-refractivity contribution is 5.89. The first-order chi connectivity index (χ1) is 17.6. The van der Waals surface area contributed by atoms with Crippen LogP contribution in [-0.4, -0.2) is 45.7 Å². The van der Waals surface area contributed by atoms with E-state index in [1.807, 2.05) is 24.3 Å². The molecule has 0 spiro atoms. The van der Waals surface area contributed by atoms with Gasteiger partial charge < -0.3 is 4.74 Å². The number of para-hydroxylation sites is 1. The zero-order valence-corrected chi connectivity index (χ0v) is 21.7. The molecule has 3 unspecified atom stereocenters. The molecule has 3 aliphatic carbocycles. The fourth-order valence-electron chi connectivity index (χ4n) is 8.20. The Balaban J connectivity index is 1.36. The second-order valence-electron chi connectivity index (χ2n) is 11.9. The molecule has 6 nitrogen and oxygen atoms in total. The van der Waals surface area contributed by atoms with Gasteiger partial charge in [-0.1, -0.05) is 50.7 Å². The number of hydrogen-bond donors (Lipinski definition) is 0. The van der Waals surface area contributed by atoms with Crippen LogP contribution in [0, 0.1) is 17.8 Å². The summed E-state index contributed by atoms with van der Waals surface area (Å²) in [4.78, 5) is 34.5. The summed E-state index contributed by atoms with van der Waals surface area (Å²) < 4.78 is 7.15. The Hall–Kier alpha value is -2.21. The molecule has 3 saturated carbocycles. The van der Waals surface area contributed by atoms with Gasteiger partial charge in [0, 0.05) is 24.7 Å². The van der Waals surface area contributed by atoms with Crippen LogP contribution >= 0.6 is 0 Å². The summed E-state index contributed by atoms with van der Waals surface area (Å²) in [5.74, 6) is 1.87. The Labute approximate surface area is 214 Å². The van der Waals surface area contributed by atoms with Gasteiger partial charge in [0.2, 0.25) is 5.82 Å². The summed E-state index contributed by atoms with van der Waals surface area (Å²) in [7, 11) is 0. The maximum absolute atomic E-state index is 13.9. The van der Waals surface area contributed by atoms with Crippen LogP contribution in [0.15, 0.2) is 29.1 Å². The third-order valence-corrected chi connectivity index (χ3v) is 9.75. The normalized spacial score (nSPS) is 33.0. The lowest BCUT2D eigenvalue weighted by Gasteiger charge is -2.52. The van der Waals surface area contributed by atoms with Crippen molar-refractivity contribution in [3.63, 3.8) is 0 Å². The van der Waals surface area contributed by atoms with Crippen LogP contribution in [0.4, 0.5) is 0 Å². The molecule has 1 aromatic carbocycles. The Morgan fingerprint density at radius 1 is 0.944 bits per heavy atom. The molecule has 3 heterocycles. The Kier molecular flexibility index (Phi) is 6.89. The topological polar surface area (TPSA) is 64.4 Å². The fourth-order valence-corrected chi connectivity index (χ4v) is 8.20. The third kappa shape index (κ3) is 4.51. The minimum absolute atomic E-state index is 0.00132. The van der Waals surface area contributed by atoms with Gasteiger partial charge in [0.25, 0.3) is 5.56 Å². The van der Waals surface area contributed by atoms with E-state index < -0.39 is 5.97 Å². The van der Waals surface area contributed by atoms with Gasteiger partial charge in [-0.2, -0.15) is 0 Å². The van der Waals surface area contributed by atoms with E-state index in [1.165, 1.54) is 64.2 Å². The molecule has 6 atom stereocenters. The van der Waals surface area contributed by atoms with Crippen LogP contribution < -0.4 is 5.56 Å². The molecular formula is C30H41N3O3. The molecule has 5 aliphatic rings. The summed E-state index contributed by atoms with van der Waals surface area (Å²) in [5.41, 5.74) is 0.486. The van der Waals surface area contributed by atoms with Crippen molar-refractivity contribution in [1.29, 1.82) is 0 Å². The minimum atomic E-state index is -0.480. The molecule has 6 heteroatoms. The first-order valence-electron chi connectivity index (χ1n) is 14.6. The number of ether oxygens (including phenoxy) is 1. The smallest absolute Gasteiger partial charge is 0.374 e. The van der Waals surface area contributed by atoms with Crippen molar-refractivity contribution >= 4 is 16.9 Å². The number of carbonyl (C=O) groups excluding carboxylic acids is 1. The first kappa shape index (κ1) is 24.1. The van der Waals surface area contributed by atoms with Crippen LogP contribution in [0.25, 0.3) is 10.9 Å². The highest BCUT2D eigenvalue weighted by atomic mass is 16.5. The maximum atomic E-state index is 13.9. The van der Waals surface area contributed by atoms with E-state index in [1.54, 1.807) is 11.5 Å². The zero-order valence-electron chi connectivity index (χ0n) is 21.7. The van der Waals surface area contributed by atoms with Crippen molar-refractivity contribution in [2.75, 3.05) is 13.2 Å². The van der Waals surface area contributed by atoms with Crippen molar-refractivity contribution in [2.45, 2.75) is 102 Å². The van der Waals surface area contributed by atoms with E-state index in [4.69, 9.17) is 9.72 Å². The van der Waals surface area contributed by atoms with E-state index in [-0.39, 0.29) is 24.0 Å². The van der Waals surface area contributed by atoms with Crippen molar-refractivity contribution < 1.29 is 9.53 Å². The number of fused-ring (bicyclic) bond motifs is 8. The Morgan fingerprint density at radius 3 is 2.44 bits per heavy atom. The van der Waals surface area contributed by atoms with Gasteiger partial charge >= 0.3 is 5.97 Å². The first-order valence-corrected chi connectivity index (χ1v) is 14.6. The van der Waals surface area contributed by atoms with Crippen molar-refractivity contribution in [1.82, 2.24) is 14.5 Å². The molecule has 7 rings (SSSR count). The number of carbonyl (C=O) groups is 1. The summed E-state index contributed by atoms with van der Waals surface area (Å²) in [6.45, 7) is 3.12. The lowest BCUT2D eigenvalue weighted by Crippen LogP contribution is -2.56. The average Bonchev–Trinajstić information content (AvgIpc) is 3.03. The minimum Gasteiger partial charge on any atom is -0.460 e. The largest absolute Gasteiger partial charge is 0.460 e. The van der Waals surface area contributed by atoms with E-state index >= 15 is 0 Å². The lowest BCUT2D eigenvalue weighted by atomic mass is 9.73. The fraction of sp³-hybridized carbons (Fsp3) is 0.700. The second-order valence-corrected chi connectivity index (χ2v) is 11.9. The average molecular weight is 492 g/mol. The number of benzene rings is 1. The number of piperidine rings is 1. The second kappa shape index (κ2) is 10.3. The van der Waals surface area contributed by atoms with Gasteiger partial charge in [0.1, 0.15) is 0 Å². The molecule has 2 aliphatic heterocycles. The SMILES string of the molecule is CCOC(=O)c1nc2ccccc2c(=O)n1C1C[C@H]2CCCCC1CN2C1C[C@H]2CCCC[C@@H](C1)C2. The van der Waals surface area contributed by atoms with Gasteiger partial charge in [0.05, 0.1) is 17.5 Å². The summed E-state index contributed by atoms with van der Waals surface area (Å²) >= 11 is 0. The molecule has 36 heavy (non-hydrogen) atoms. The van der Waals surface area contributed by atoms with Crippen molar-refractivity contribution in [3.05, 3.63) is 40.4 Å². The van der Waals surface area contributed by atoms with Gasteiger partial charge in [-0.15, -0.1) is 0 Å². The predicted octanol–water partition coefficient (Wildman–Crippen LogP) is 5.74. The monoisotopic (exact) mass is 491 g/mol. The molecule has 0 radical (unpaired) electrons. The van der Waals surface area contributed by atoms with Crippen LogP contribution in [-0.2, 0) is 4.74 Å². The van der Waals surface area contributed by atoms with Gasteiger partial charge in [-0.25, -0.2) is 9.78 Å². The number of hydrogen-bond acceptors (Lipinski definition) is 5. The van der Waals surface area contributed by atoms with Gasteiger partial charge in [-0.05, 0) is 75.3 Å². The molecule has 0 amide bonds. The standard InChI is InChI=1S/C30H41N3O3/c1-2-36-30(35)28-31-26-14-8-7-13-25(26)29(34)33(28)27-18-23-12-6-5-11-22(27)19-32(23)24-16-20-9-3-4-10-21(15-20)17-24/h7-8,13-14,20-24,27H,2-6,9-12,15-19H2,1H3/t20-,21+,22?,23-,24?,27?/m1/s1. The summed E-state index contributed by atoms with van der Waals surface area (Å²) in [5, 5.41) is 0.594. The number of nitrogens with zero attached hydrogens (tertiary/aromatic N) is 3. The molecule has 194 valence electrons. The van der Waals surface area contributed by atoms with Crippen molar-refractivity contribution in [3.8, 4) is 0 Å². The highest BCUT2D eigenvalue weighted by Crippen LogP contribution is 2.45. The Morgan fingerprint density at radius 2 is 1.67 bits per heavy atom. The molecule has 0 N–H and O–H groups in total. The van der Waals surface area contributed by atoms with Gasteiger partial charge in [-0.3, -0.25) is 14.3 Å². The lowest BCUT2D eigenvalue weighted by molar-refractivity contribution is -0.0175. The Bertz CT molecular complexity index is 1150. The van der Waals surface area contributed by atoms with E-state index in [0.29, 0.717) is 28.9 Å². The zero-order chi connectivity index (χ0) is 24.6. The molecule has 4 bridgehead atoms. The molecular weight excluding hydrogens is 450 g/mol. The summed E-state index contributed by atoms with van der Waals surface area (Å²) in [6, 6.07) is 8.58. The van der Waals surface area contributed by atoms with Crippen LogP contribution in [0.1, 0.15) is 101 Å². The molecule has 2 saturated heterocycles. The van der Waals surface area contributed by atoms with Gasteiger partial charge in [0.15, 0.2) is 0 Å². The van der Waals surface area contributed by atoms with Crippen LogP contribution in [0.3, 0.4) is 0 Å². The van der Waals surface area contributed by atoms with E-state index in [0.717, 1.165) is 31.2 Å². The van der Waals surface area contributed by atoms with Crippen molar-refractivity contribution in [2.24, 2.45) is 17.8 Å². The van der Waals surface area contributed by atoms with Crippen LogP contribution in [0.5, 0.6) is 0 Å². The molecule has 2 aromatic rings. The van der Waals surface area contributed by atoms with E-state index in [2.05, 4.69) is 4.90 Å². The van der Waals surface area contributed by atoms with Crippen LogP contribution in [0.2, 0.25) is 0 Å². The number of esters is 1. The number of aromatic nitrogens is 2.